The van der Waals surface area contributed by atoms with Crippen LogP contribution < -0.4 is 0 Å². The maximum atomic E-state index is 13.1. The summed E-state index contributed by atoms with van der Waals surface area (Å²) >= 11 is 0. The number of methoxy groups -OCH3 is 1. The van der Waals surface area contributed by atoms with Gasteiger partial charge in [-0.15, -0.1) is 0 Å². The van der Waals surface area contributed by atoms with Crippen LogP contribution in [0, 0.1) is 6.92 Å². The molecule has 0 saturated heterocycles. The summed E-state index contributed by atoms with van der Waals surface area (Å²) in [6.45, 7) is 3.88. The highest BCUT2D eigenvalue weighted by molar-refractivity contribution is 6.16. The molecule has 0 N–H and O–H groups in total. The van der Waals surface area contributed by atoms with E-state index in [1.807, 2.05) is 43.0 Å². The Kier molecular flexibility index (Phi) is 5.07. The van der Waals surface area contributed by atoms with E-state index < -0.39 is 5.97 Å². The Bertz CT molecular complexity index is 737. The number of rotatable bonds is 3. The molecule has 1 saturated carbocycles. The van der Waals surface area contributed by atoms with Crippen molar-refractivity contribution in [3.8, 4) is 0 Å². The van der Waals surface area contributed by atoms with Gasteiger partial charge in [-0.1, -0.05) is 49.1 Å². The number of benzene rings is 1. The molecule has 0 bridgehead atoms. The third kappa shape index (κ3) is 3.39. The predicted octanol–water partition coefficient (Wildman–Crippen LogP) is 4.00. The van der Waals surface area contributed by atoms with Gasteiger partial charge in [-0.25, -0.2) is 4.79 Å². The Morgan fingerprint density at radius 3 is 2.36 bits per heavy atom. The second kappa shape index (κ2) is 7.26. The minimum Gasteiger partial charge on any atom is -0.465 e. The number of hydrogen-bond donors (Lipinski definition) is 0. The lowest BCUT2D eigenvalue weighted by Gasteiger charge is -2.32. The topological polar surface area (TPSA) is 46.6 Å². The Morgan fingerprint density at radius 1 is 1.12 bits per heavy atom. The van der Waals surface area contributed by atoms with Crippen LogP contribution in [0.25, 0.3) is 6.08 Å². The first-order chi connectivity index (χ1) is 12.0. The molecule has 0 spiro atoms. The first kappa shape index (κ1) is 17.5. The van der Waals surface area contributed by atoms with Gasteiger partial charge < -0.3 is 9.64 Å². The zero-order valence-corrected chi connectivity index (χ0v) is 15.2. The lowest BCUT2D eigenvalue weighted by molar-refractivity contribution is -0.136. The standard InChI is InChI=1S/C21H25NO3/c1-14-9-11-16(12-10-14)13-18-19(21(24)25-3)15(2)22(20(18)23)17-7-5-4-6-8-17/h9-13,17H,4-8H2,1-3H3/b18-13+. The van der Waals surface area contributed by atoms with Crippen LogP contribution in [0.2, 0.25) is 0 Å². The normalized spacial score (nSPS) is 20.5. The fraction of sp³-hybridized carbons (Fsp3) is 0.429. The number of esters is 1. The summed E-state index contributed by atoms with van der Waals surface area (Å²) in [5, 5.41) is 0. The highest BCUT2D eigenvalue weighted by Crippen LogP contribution is 2.36. The molecule has 4 nitrogen and oxygen atoms in total. The van der Waals surface area contributed by atoms with E-state index in [2.05, 4.69) is 0 Å². The van der Waals surface area contributed by atoms with Crippen LogP contribution in [-0.2, 0) is 14.3 Å². The number of aryl methyl sites for hydroxylation is 1. The molecule has 132 valence electrons. The lowest BCUT2D eigenvalue weighted by atomic mass is 9.94. The van der Waals surface area contributed by atoms with Crippen LogP contribution >= 0.6 is 0 Å². The lowest BCUT2D eigenvalue weighted by Crippen LogP contribution is -2.37. The molecule has 1 amide bonds. The molecule has 1 heterocycles. The Balaban J connectivity index is 2.02. The monoisotopic (exact) mass is 339 g/mol. The van der Waals surface area contributed by atoms with Crippen LogP contribution in [0.4, 0.5) is 0 Å². The molecule has 2 aliphatic rings. The quantitative estimate of drug-likeness (QED) is 0.618. The van der Waals surface area contributed by atoms with Crippen molar-refractivity contribution in [2.75, 3.05) is 7.11 Å². The van der Waals surface area contributed by atoms with Crippen molar-refractivity contribution in [3.05, 3.63) is 52.2 Å². The van der Waals surface area contributed by atoms with Crippen molar-refractivity contribution in [1.82, 2.24) is 4.90 Å². The Morgan fingerprint density at radius 2 is 1.76 bits per heavy atom. The van der Waals surface area contributed by atoms with E-state index in [4.69, 9.17) is 4.74 Å². The molecule has 1 aromatic carbocycles. The van der Waals surface area contributed by atoms with Crippen molar-refractivity contribution < 1.29 is 14.3 Å². The molecular formula is C21H25NO3. The SMILES string of the molecule is COC(=O)C1=C(C)N(C2CCCCC2)C(=O)/C1=C/c1ccc(C)cc1. The van der Waals surface area contributed by atoms with E-state index in [1.54, 1.807) is 6.08 Å². The Labute approximate surface area is 149 Å². The maximum absolute atomic E-state index is 13.1. The van der Waals surface area contributed by atoms with Gasteiger partial charge in [-0.2, -0.15) is 0 Å². The third-order valence-electron chi connectivity index (χ3n) is 5.16. The van der Waals surface area contributed by atoms with Crippen molar-refractivity contribution in [2.45, 2.75) is 52.0 Å². The second-order valence-corrected chi connectivity index (χ2v) is 6.89. The predicted molar refractivity (Wildman–Crippen MR) is 97.6 cm³/mol. The Hall–Kier alpha value is -2.36. The second-order valence-electron chi connectivity index (χ2n) is 6.89. The fourth-order valence-corrected chi connectivity index (χ4v) is 3.81. The molecule has 1 fully saturated rings. The van der Waals surface area contributed by atoms with Crippen LogP contribution in [0.15, 0.2) is 41.1 Å². The van der Waals surface area contributed by atoms with Crippen molar-refractivity contribution in [3.63, 3.8) is 0 Å². The summed E-state index contributed by atoms with van der Waals surface area (Å²) in [6.07, 6.45) is 7.28. The van der Waals surface area contributed by atoms with Crippen molar-refractivity contribution in [1.29, 1.82) is 0 Å². The number of amides is 1. The van der Waals surface area contributed by atoms with E-state index in [-0.39, 0.29) is 11.9 Å². The summed E-state index contributed by atoms with van der Waals surface area (Å²) in [4.78, 5) is 27.3. The molecule has 0 aromatic heterocycles. The molecule has 4 heteroatoms. The molecule has 0 atom stereocenters. The van der Waals surface area contributed by atoms with E-state index in [9.17, 15) is 9.59 Å². The zero-order valence-electron chi connectivity index (χ0n) is 15.2. The summed E-state index contributed by atoms with van der Waals surface area (Å²) < 4.78 is 4.96. The molecule has 0 unspecified atom stereocenters. The van der Waals surface area contributed by atoms with Crippen LogP contribution in [-0.4, -0.2) is 29.9 Å². The van der Waals surface area contributed by atoms with Gasteiger partial charge in [-0.3, -0.25) is 4.79 Å². The number of ether oxygens (including phenoxy) is 1. The number of carbonyl (C=O) groups excluding carboxylic acids is 2. The smallest absolute Gasteiger partial charge is 0.340 e. The number of hydrogen-bond acceptors (Lipinski definition) is 3. The van der Waals surface area contributed by atoms with E-state index in [1.165, 1.54) is 13.5 Å². The number of carbonyl (C=O) groups is 2. The van der Waals surface area contributed by atoms with Crippen molar-refractivity contribution in [2.24, 2.45) is 0 Å². The maximum Gasteiger partial charge on any atom is 0.340 e. The highest BCUT2D eigenvalue weighted by Gasteiger charge is 2.40. The van der Waals surface area contributed by atoms with Gasteiger partial charge in [0.2, 0.25) is 0 Å². The largest absolute Gasteiger partial charge is 0.465 e. The van der Waals surface area contributed by atoms with E-state index >= 15 is 0 Å². The average molecular weight is 339 g/mol. The zero-order chi connectivity index (χ0) is 18.0. The van der Waals surface area contributed by atoms with Gasteiger partial charge >= 0.3 is 5.97 Å². The minimum atomic E-state index is -0.442. The van der Waals surface area contributed by atoms with Crippen LogP contribution in [0.1, 0.15) is 50.2 Å². The molecule has 1 aromatic rings. The van der Waals surface area contributed by atoms with Crippen LogP contribution in [0.5, 0.6) is 0 Å². The minimum absolute atomic E-state index is 0.0784. The van der Waals surface area contributed by atoms with Gasteiger partial charge in [-0.05, 0) is 38.3 Å². The van der Waals surface area contributed by atoms with Gasteiger partial charge in [0.05, 0.1) is 18.3 Å². The van der Waals surface area contributed by atoms with E-state index in [0.717, 1.165) is 42.5 Å². The van der Waals surface area contributed by atoms with Crippen LogP contribution in [0.3, 0.4) is 0 Å². The molecule has 25 heavy (non-hydrogen) atoms. The molecular weight excluding hydrogens is 314 g/mol. The fourth-order valence-electron chi connectivity index (χ4n) is 3.81. The first-order valence-electron chi connectivity index (χ1n) is 8.94. The summed E-state index contributed by atoms with van der Waals surface area (Å²) in [6, 6.07) is 8.11. The van der Waals surface area contributed by atoms with Crippen molar-refractivity contribution >= 4 is 18.0 Å². The molecule has 3 rings (SSSR count). The first-order valence-corrected chi connectivity index (χ1v) is 8.94. The molecule has 0 radical (unpaired) electrons. The summed E-state index contributed by atoms with van der Waals surface area (Å²) in [7, 11) is 1.36. The third-order valence-corrected chi connectivity index (χ3v) is 5.16. The summed E-state index contributed by atoms with van der Waals surface area (Å²) in [5.74, 6) is -0.520. The average Bonchev–Trinajstić information content (AvgIpc) is 2.87. The molecule has 1 aliphatic heterocycles. The van der Waals surface area contributed by atoms with E-state index in [0.29, 0.717) is 11.1 Å². The van der Waals surface area contributed by atoms with Gasteiger partial charge in [0, 0.05) is 11.7 Å². The summed E-state index contributed by atoms with van der Waals surface area (Å²) in [5.41, 5.74) is 3.64. The van der Waals surface area contributed by atoms with Gasteiger partial charge in [0.25, 0.3) is 5.91 Å². The number of allylic oxidation sites excluding steroid dienone is 1. The van der Waals surface area contributed by atoms with Gasteiger partial charge in [0.15, 0.2) is 0 Å². The number of nitrogens with zero attached hydrogens (tertiary/aromatic N) is 1. The van der Waals surface area contributed by atoms with Gasteiger partial charge in [0.1, 0.15) is 0 Å². The molecule has 1 aliphatic carbocycles. The highest BCUT2D eigenvalue weighted by atomic mass is 16.5.